The quantitative estimate of drug-likeness (QED) is 0.799. The average Bonchev–Trinajstić information content (AvgIpc) is 2.65. The van der Waals surface area contributed by atoms with Gasteiger partial charge in [-0.2, -0.15) is 0 Å². The molecule has 0 amide bonds. The molecule has 1 aromatic rings. The fraction of sp³-hybridized carbons (Fsp3) is 0.500. The smallest absolute Gasteiger partial charge is 0.325 e. The summed E-state index contributed by atoms with van der Waals surface area (Å²) in [6, 6.07) is 8.24. The number of nitrogens with one attached hydrogen (secondary N) is 1. The Morgan fingerprint density at radius 1 is 1.39 bits per heavy atom. The predicted molar refractivity (Wildman–Crippen MR) is 70.0 cm³/mol. The van der Waals surface area contributed by atoms with E-state index < -0.39 is 5.54 Å². The van der Waals surface area contributed by atoms with Crippen LogP contribution in [0, 0.1) is 0 Å². The highest BCUT2D eigenvalue weighted by atomic mass is 16.5. The van der Waals surface area contributed by atoms with E-state index in [0.717, 1.165) is 12.0 Å². The number of benzene rings is 1. The first-order valence-corrected chi connectivity index (χ1v) is 6.16. The molecule has 0 bridgehead atoms. The first kappa shape index (κ1) is 13.1. The molecule has 0 aromatic heterocycles. The number of ether oxygens (including phenoxy) is 1. The standard InChI is InChI=1S/C14H20N2O2/c1-14(2,13(17)18-3)16-12-8-11(15)9-6-4-5-7-10(9)12/h4-7,11-12,16H,8,15H2,1-3H3. The number of methoxy groups -OCH3 is 1. The summed E-state index contributed by atoms with van der Waals surface area (Å²) in [6.07, 6.45) is 0.805. The Kier molecular flexibility index (Phi) is 3.41. The number of esters is 1. The highest BCUT2D eigenvalue weighted by molar-refractivity contribution is 5.79. The zero-order valence-electron chi connectivity index (χ0n) is 11.1. The van der Waals surface area contributed by atoms with Gasteiger partial charge in [-0.05, 0) is 31.4 Å². The summed E-state index contributed by atoms with van der Waals surface area (Å²) in [6.45, 7) is 3.65. The number of rotatable bonds is 3. The SMILES string of the molecule is COC(=O)C(C)(C)NC1CC(N)c2ccccc21. The van der Waals surface area contributed by atoms with Gasteiger partial charge in [0.15, 0.2) is 0 Å². The fourth-order valence-corrected chi connectivity index (χ4v) is 2.56. The van der Waals surface area contributed by atoms with E-state index in [4.69, 9.17) is 10.5 Å². The molecule has 1 aliphatic rings. The van der Waals surface area contributed by atoms with Crippen molar-refractivity contribution in [3.63, 3.8) is 0 Å². The van der Waals surface area contributed by atoms with Gasteiger partial charge in [0.1, 0.15) is 5.54 Å². The maximum Gasteiger partial charge on any atom is 0.325 e. The van der Waals surface area contributed by atoms with Gasteiger partial charge in [-0.1, -0.05) is 24.3 Å². The molecule has 2 rings (SSSR count). The molecule has 0 aliphatic heterocycles. The summed E-state index contributed by atoms with van der Waals surface area (Å²) in [4.78, 5) is 11.7. The topological polar surface area (TPSA) is 64.3 Å². The number of hydrogen-bond donors (Lipinski definition) is 2. The molecular formula is C14H20N2O2. The van der Waals surface area contributed by atoms with Crippen molar-refractivity contribution in [2.45, 2.75) is 37.9 Å². The van der Waals surface area contributed by atoms with Crippen molar-refractivity contribution in [3.8, 4) is 0 Å². The minimum Gasteiger partial charge on any atom is -0.468 e. The van der Waals surface area contributed by atoms with E-state index in [9.17, 15) is 4.79 Å². The van der Waals surface area contributed by atoms with Crippen molar-refractivity contribution >= 4 is 5.97 Å². The molecule has 98 valence electrons. The maximum atomic E-state index is 11.7. The molecule has 0 saturated carbocycles. The lowest BCUT2D eigenvalue weighted by Gasteiger charge is -2.27. The van der Waals surface area contributed by atoms with Crippen LogP contribution in [0.2, 0.25) is 0 Å². The number of nitrogens with two attached hydrogens (primary N) is 1. The Morgan fingerprint density at radius 2 is 2.00 bits per heavy atom. The van der Waals surface area contributed by atoms with Crippen LogP contribution in [-0.4, -0.2) is 18.6 Å². The number of fused-ring (bicyclic) bond motifs is 1. The second-order valence-corrected chi connectivity index (χ2v) is 5.28. The minimum absolute atomic E-state index is 0.0344. The average molecular weight is 248 g/mol. The lowest BCUT2D eigenvalue weighted by atomic mass is 10.0. The third kappa shape index (κ3) is 2.26. The van der Waals surface area contributed by atoms with Gasteiger partial charge in [0.25, 0.3) is 0 Å². The largest absolute Gasteiger partial charge is 0.468 e. The molecule has 0 saturated heterocycles. The van der Waals surface area contributed by atoms with Crippen LogP contribution in [0.5, 0.6) is 0 Å². The molecule has 0 heterocycles. The summed E-state index contributed by atoms with van der Waals surface area (Å²) >= 11 is 0. The molecule has 2 atom stereocenters. The molecule has 1 aromatic carbocycles. The Morgan fingerprint density at radius 3 is 2.61 bits per heavy atom. The van der Waals surface area contributed by atoms with Crippen LogP contribution in [0.3, 0.4) is 0 Å². The van der Waals surface area contributed by atoms with Crippen LogP contribution in [0.4, 0.5) is 0 Å². The molecule has 4 nitrogen and oxygen atoms in total. The molecule has 4 heteroatoms. The lowest BCUT2D eigenvalue weighted by molar-refractivity contribution is -0.147. The summed E-state index contributed by atoms with van der Waals surface area (Å²) in [5, 5.41) is 3.34. The van der Waals surface area contributed by atoms with E-state index in [1.165, 1.54) is 12.7 Å². The zero-order chi connectivity index (χ0) is 13.3. The molecule has 18 heavy (non-hydrogen) atoms. The summed E-state index contributed by atoms with van der Waals surface area (Å²) in [7, 11) is 1.40. The molecule has 3 N–H and O–H groups in total. The Labute approximate surface area is 108 Å². The van der Waals surface area contributed by atoms with Crippen molar-refractivity contribution in [1.29, 1.82) is 0 Å². The van der Waals surface area contributed by atoms with Crippen LogP contribution in [0.1, 0.15) is 43.5 Å². The number of carbonyl (C=O) groups is 1. The molecule has 0 radical (unpaired) electrons. The van der Waals surface area contributed by atoms with Crippen molar-refractivity contribution in [3.05, 3.63) is 35.4 Å². The van der Waals surface area contributed by atoms with Crippen molar-refractivity contribution in [2.24, 2.45) is 5.73 Å². The third-order valence-electron chi connectivity index (χ3n) is 3.49. The predicted octanol–water partition coefficient (Wildman–Crippen LogP) is 1.67. The molecule has 0 spiro atoms. The summed E-state index contributed by atoms with van der Waals surface area (Å²) in [5.41, 5.74) is 7.74. The molecule has 0 fully saturated rings. The van der Waals surface area contributed by atoms with Gasteiger partial charge in [0.05, 0.1) is 7.11 Å². The monoisotopic (exact) mass is 248 g/mol. The summed E-state index contributed by atoms with van der Waals surface area (Å²) < 4.78 is 4.81. The lowest BCUT2D eigenvalue weighted by Crippen LogP contribution is -2.48. The fourth-order valence-electron chi connectivity index (χ4n) is 2.56. The second-order valence-electron chi connectivity index (χ2n) is 5.28. The first-order valence-electron chi connectivity index (χ1n) is 6.16. The van der Waals surface area contributed by atoms with Crippen molar-refractivity contribution in [2.75, 3.05) is 7.11 Å². The van der Waals surface area contributed by atoms with Crippen LogP contribution in [0.15, 0.2) is 24.3 Å². The van der Waals surface area contributed by atoms with E-state index >= 15 is 0 Å². The van der Waals surface area contributed by atoms with Gasteiger partial charge in [0, 0.05) is 12.1 Å². The number of hydrogen-bond acceptors (Lipinski definition) is 4. The van der Waals surface area contributed by atoms with E-state index in [0.29, 0.717) is 0 Å². The molecule has 2 unspecified atom stereocenters. The van der Waals surface area contributed by atoms with E-state index in [1.54, 1.807) is 0 Å². The Bertz CT molecular complexity index is 457. The van der Waals surface area contributed by atoms with E-state index in [1.807, 2.05) is 32.0 Å². The van der Waals surface area contributed by atoms with E-state index in [-0.39, 0.29) is 18.1 Å². The van der Waals surface area contributed by atoms with Gasteiger partial charge in [0.2, 0.25) is 0 Å². The first-order chi connectivity index (χ1) is 8.45. The van der Waals surface area contributed by atoms with Gasteiger partial charge in [-0.3, -0.25) is 10.1 Å². The number of carbonyl (C=O) groups excluding carboxylic acids is 1. The van der Waals surface area contributed by atoms with Gasteiger partial charge in [-0.25, -0.2) is 0 Å². The Balaban J connectivity index is 2.20. The normalized spacial score (nSPS) is 22.7. The van der Waals surface area contributed by atoms with Crippen LogP contribution < -0.4 is 11.1 Å². The Hall–Kier alpha value is -1.39. The van der Waals surface area contributed by atoms with Crippen LogP contribution >= 0.6 is 0 Å². The summed E-state index contributed by atoms with van der Waals surface area (Å²) in [5.74, 6) is -0.263. The third-order valence-corrected chi connectivity index (χ3v) is 3.49. The second kappa shape index (κ2) is 4.71. The van der Waals surface area contributed by atoms with Crippen molar-refractivity contribution in [1.82, 2.24) is 5.32 Å². The van der Waals surface area contributed by atoms with Gasteiger partial charge in [-0.15, -0.1) is 0 Å². The van der Waals surface area contributed by atoms with Crippen LogP contribution in [0.25, 0.3) is 0 Å². The minimum atomic E-state index is -0.712. The zero-order valence-corrected chi connectivity index (χ0v) is 11.1. The highest BCUT2D eigenvalue weighted by Gasteiger charge is 2.36. The molecule has 1 aliphatic carbocycles. The maximum absolute atomic E-state index is 11.7. The van der Waals surface area contributed by atoms with Crippen LogP contribution in [-0.2, 0) is 9.53 Å². The van der Waals surface area contributed by atoms with Crippen molar-refractivity contribution < 1.29 is 9.53 Å². The van der Waals surface area contributed by atoms with Gasteiger partial charge < -0.3 is 10.5 Å². The highest BCUT2D eigenvalue weighted by Crippen LogP contribution is 2.38. The van der Waals surface area contributed by atoms with E-state index in [2.05, 4.69) is 11.4 Å². The molecular weight excluding hydrogens is 228 g/mol. The van der Waals surface area contributed by atoms with Gasteiger partial charge >= 0.3 is 5.97 Å².